The van der Waals surface area contributed by atoms with Crippen LogP contribution in [0.3, 0.4) is 0 Å². The molecule has 0 aliphatic carbocycles. The van der Waals surface area contributed by atoms with Crippen LogP contribution in [0.2, 0.25) is 0 Å². The van der Waals surface area contributed by atoms with E-state index in [-0.39, 0.29) is 23.3 Å². The van der Waals surface area contributed by atoms with Crippen LogP contribution in [0.25, 0.3) is 6.08 Å². The highest BCUT2D eigenvalue weighted by Gasteiger charge is 2.40. The van der Waals surface area contributed by atoms with E-state index in [4.69, 9.17) is 26.4 Å². The lowest BCUT2D eigenvalue weighted by Crippen LogP contribution is -2.35. The highest BCUT2D eigenvalue weighted by Crippen LogP contribution is 2.33. The van der Waals surface area contributed by atoms with Crippen LogP contribution in [0.15, 0.2) is 76.9 Å². The van der Waals surface area contributed by atoms with Gasteiger partial charge in [-0.1, -0.05) is 45.8 Å². The summed E-state index contributed by atoms with van der Waals surface area (Å²) in [6, 6.07) is 20.6. The van der Waals surface area contributed by atoms with Crippen molar-refractivity contribution < 1.29 is 23.8 Å². The maximum Gasteiger partial charge on any atom is 0.325 e. The van der Waals surface area contributed by atoms with Crippen LogP contribution in [0.1, 0.15) is 16.7 Å². The highest BCUT2D eigenvalue weighted by molar-refractivity contribution is 9.10. The molecule has 0 unspecified atom stereocenters. The van der Waals surface area contributed by atoms with E-state index in [0.717, 1.165) is 10.0 Å². The largest absolute Gasteiger partial charge is 0.497 e. The Balaban J connectivity index is 1.71. The lowest BCUT2D eigenvalue weighted by molar-refractivity contribution is -0.140. The molecule has 1 heterocycles. The summed E-state index contributed by atoms with van der Waals surface area (Å²) in [6.07, 6.45) is 1.68. The number of thiocarbonyl (C=S) groups is 1. The quantitative estimate of drug-likeness (QED) is 0.198. The second kappa shape index (κ2) is 11.6. The van der Waals surface area contributed by atoms with Crippen molar-refractivity contribution >= 4 is 56.9 Å². The van der Waals surface area contributed by atoms with Crippen molar-refractivity contribution in [1.29, 1.82) is 0 Å². The molecule has 7 nitrogen and oxygen atoms in total. The van der Waals surface area contributed by atoms with E-state index in [2.05, 4.69) is 15.9 Å². The SMILES string of the molecule is COC(=O)CN1C(=S)N(c2ccc(OC)cc2)C(=O)/C1=C/c1cc(Br)ccc1OCc1ccc(C)cc1. The normalized spacial score (nSPS) is 14.3. The van der Waals surface area contributed by atoms with Crippen LogP contribution in [0, 0.1) is 6.92 Å². The number of amides is 1. The van der Waals surface area contributed by atoms with Crippen molar-refractivity contribution in [3.8, 4) is 11.5 Å². The summed E-state index contributed by atoms with van der Waals surface area (Å²) < 4.78 is 17.0. The molecular formula is C28H25BrN2O5S. The highest BCUT2D eigenvalue weighted by atomic mass is 79.9. The van der Waals surface area contributed by atoms with Gasteiger partial charge in [-0.2, -0.15) is 0 Å². The zero-order valence-corrected chi connectivity index (χ0v) is 23.0. The third kappa shape index (κ3) is 6.00. The Bertz CT molecular complexity index is 1360. The van der Waals surface area contributed by atoms with Gasteiger partial charge in [-0.05, 0) is 73.2 Å². The number of nitrogens with zero attached hydrogens (tertiary/aromatic N) is 2. The first-order chi connectivity index (χ1) is 17.8. The topological polar surface area (TPSA) is 68.3 Å². The van der Waals surface area contributed by atoms with Crippen molar-refractivity contribution in [2.24, 2.45) is 0 Å². The van der Waals surface area contributed by atoms with Gasteiger partial charge in [0.25, 0.3) is 5.91 Å². The summed E-state index contributed by atoms with van der Waals surface area (Å²) >= 11 is 9.14. The Hall–Kier alpha value is -3.69. The van der Waals surface area contributed by atoms with Gasteiger partial charge in [0.15, 0.2) is 5.11 Å². The maximum atomic E-state index is 13.7. The Labute approximate surface area is 229 Å². The monoisotopic (exact) mass is 580 g/mol. The number of aryl methyl sites for hydroxylation is 1. The van der Waals surface area contributed by atoms with E-state index < -0.39 is 5.97 Å². The minimum absolute atomic E-state index is 0.170. The number of methoxy groups -OCH3 is 2. The van der Waals surface area contributed by atoms with E-state index >= 15 is 0 Å². The van der Waals surface area contributed by atoms with E-state index in [1.807, 2.05) is 49.4 Å². The van der Waals surface area contributed by atoms with Crippen LogP contribution in [0.5, 0.6) is 11.5 Å². The van der Waals surface area contributed by atoms with Crippen LogP contribution in [0.4, 0.5) is 5.69 Å². The summed E-state index contributed by atoms with van der Waals surface area (Å²) in [6.45, 7) is 2.17. The number of anilines is 1. The lowest BCUT2D eigenvalue weighted by Gasteiger charge is -2.19. The fraction of sp³-hybridized carbons (Fsp3) is 0.179. The molecule has 37 heavy (non-hydrogen) atoms. The molecule has 0 radical (unpaired) electrons. The molecule has 3 aromatic rings. The third-order valence-electron chi connectivity index (χ3n) is 5.76. The lowest BCUT2D eigenvalue weighted by atomic mass is 10.1. The van der Waals surface area contributed by atoms with E-state index in [0.29, 0.717) is 29.4 Å². The summed E-state index contributed by atoms with van der Waals surface area (Å²) in [5, 5.41) is 0.170. The molecule has 0 atom stereocenters. The van der Waals surface area contributed by atoms with Crippen LogP contribution in [-0.4, -0.2) is 42.7 Å². The average Bonchev–Trinajstić information content (AvgIpc) is 3.13. The fourth-order valence-electron chi connectivity index (χ4n) is 3.74. The van der Waals surface area contributed by atoms with Crippen LogP contribution < -0.4 is 14.4 Å². The van der Waals surface area contributed by atoms with Gasteiger partial charge in [-0.3, -0.25) is 14.5 Å². The van der Waals surface area contributed by atoms with Crippen molar-refractivity contribution in [1.82, 2.24) is 4.90 Å². The van der Waals surface area contributed by atoms with Gasteiger partial charge < -0.3 is 19.1 Å². The molecule has 1 saturated heterocycles. The second-order valence-electron chi connectivity index (χ2n) is 8.27. The molecule has 0 bridgehead atoms. The van der Waals surface area contributed by atoms with Gasteiger partial charge in [0.05, 0.1) is 19.9 Å². The van der Waals surface area contributed by atoms with Gasteiger partial charge in [-0.15, -0.1) is 0 Å². The Morgan fingerprint density at radius 2 is 1.73 bits per heavy atom. The first-order valence-corrected chi connectivity index (χ1v) is 12.6. The van der Waals surface area contributed by atoms with Crippen LogP contribution in [-0.2, 0) is 20.9 Å². The van der Waals surface area contributed by atoms with Gasteiger partial charge in [0.2, 0.25) is 0 Å². The summed E-state index contributed by atoms with van der Waals surface area (Å²) in [7, 11) is 2.86. The average molecular weight is 581 g/mol. The molecule has 0 N–H and O–H groups in total. The van der Waals surface area contributed by atoms with Gasteiger partial charge in [0, 0.05) is 10.0 Å². The first kappa shape index (κ1) is 26.4. The maximum absolute atomic E-state index is 13.7. The zero-order chi connectivity index (χ0) is 26.5. The molecule has 1 fully saturated rings. The number of rotatable bonds is 8. The van der Waals surface area contributed by atoms with Gasteiger partial charge in [-0.25, -0.2) is 0 Å². The molecule has 9 heteroatoms. The minimum Gasteiger partial charge on any atom is -0.497 e. The Morgan fingerprint density at radius 1 is 1.03 bits per heavy atom. The second-order valence-corrected chi connectivity index (χ2v) is 9.55. The Morgan fingerprint density at radius 3 is 2.38 bits per heavy atom. The van der Waals surface area contributed by atoms with E-state index in [1.54, 1.807) is 37.5 Å². The van der Waals surface area contributed by atoms with E-state index in [9.17, 15) is 9.59 Å². The smallest absolute Gasteiger partial charge is 0.325 e. The zero-order valence-electron chi connectivity index (χ0n) is 20.6. The number of carbonyl (C=O) groups excluding carboxylic acids is 2. The number of halogens is 1. The third-order valence-corrected chi connectivity index (χ3v) is 6.66. The van der Waals surface area contributed by atoms with E-state index in [1.165, 1.54) is 22.5 Å². The van der Waals surface area contributed by atoms with Crippen molar-refractivity contribution in [2.45, 2.75) is 13.5 Å². The fourth-order valence-corrected chi connectivity index (χ4v) is 4.47. The standard InChI is InChI=1S/C28H25BrN2O5S/c1-18-4-6-19(7-5-18)17-36-25-13-8-21(29)14-20(25)15-24-27(33)31(22-9-11-23(34-2)12-10-22)28(37)30(24)16-26(32)35-3/h4-15H,16-17H2,1-3H3/b24-15-. The molecule has 4 rings (SSSR count). The molecule has 1 aliphatic rings. The molecule has 190 valence electrons. The number of benzene rings is 3. The van der Waals surface area contributed by atoms with Crippen molar-refractivity contribution in [2.75, 3.05) is 25.7 Å². The molecular weight excluding hydrogens is 556 g/mol. The number of carbonyl (C=O) groups is 2. The summed E-state index contributed by atoms with van der Waals surface area (Å²) in [4.78, 5) is 28.7. The predicted octanol–water partition coefficient (Wildman–Crippen LogP) is 5.49. The molecule has 1 aliphatic heterocycles. The first-order valence-electron chi connectivity index (χ1n) is 11.4. The van der Waals surface area contributed by atoms with Crippen molar-refractivity contribution in [3.05, 3.63) is 93.6 Å². The van der Waals surface area contributed by atoms with Gasteiger partial charge in [0.1, 0.15) is 30.3 Å². The van der Waals surface area contributed by atoms with Crippen molar-refractivity contribution in [3.63, 3.8) is 0 Å². The molecule has 0 aromatic heterocycles. The molecule has 0 saturated carbocycles. The molecule has 3 aromatic carbocycles. The molecule has 1 amide bonds. The number of esters is 1. The summed E-state index contributed by atoms with van der Waals surface area (Å²) in [5.74, 6) is 0.329. The predicted molar refractivity (Wildman–Crippen MR) is 149 cm³/mol. The Kier molecular flexibility index (Phi) is 8.25. The number of hydrogen-bond acceptors (Lipinski definition) is 6. The number of ether oxygens (including phenoxy) is 3. The summed E-state index contributed by atoms with van der Waals surface area (Å²) in [5.41, 5.74) is 3.62. The van der Waals surface area contributed by atoms with Gasteiger partial charge >= 0.3 is 5.97 Å². The molecule has 0 spiro atoms. The number of hydrogen-bond donors (Lipinski definition) is 0. The van der Waals surface area contributed by atoms with Crippen LogP contribution >= 0.6 is 28.1 Å². The minimum atomic E-state index is -0.525.